The number of rotatable bonds is 9. The molecule has 1 aromatic rings. The summed E-state index contributed by atoms with van der Waals surface area (Å²) < 4.78 is 13.6. The summed E-state index contributed by atoms with van der Waals surface area (Å²) >= 11 is 1.01. The van der Waals surface area contributed by atoms with Gasteiger partial charge in [0.2, 0.25) is 11.7 Å². The molecule has 0 fully saturated rings. The van der Waals surface area contributed by atoms with E-state index < -0.39 is 0 Å². The number of hydrogen-bond donors (Lipinski definition) is 2. The second-order valence-electron chi connectivity index (χ2n) is 5.06. The molecule has 0 radical (unpaired) electrons. The van der Waals surface area contributed by atoms with Crippen LogP contribution >= 0.6 is 11.7 Å². The Hall–Kier alpha value is -2.35. The summed E-state index contributed by atoms with van der Waals surface area (Å²) in [7, 11) is 3.36. The summed E-state index contributed by atoms with van der Waals surface area (Å²) in [5.41, 5.74) is 1.01. The quantitative estimate of drug-likeness (QED) is 0.524. The molecule has 0 aromatic carbocycles. The van der Waals surface area contributed by atoms with Crippen molar-refractivity contribution in [2.24, 2.45) is 0 Å². The van der Waals surface area contributed by atoms with E-state index in [0.717, 1.165) is 11.7 Å². The third-order valence-electron chi connectivity index (χ3n) is 3.16. The number of hydrogen-bond acceptors (Lipinski definition) is 7. The van der Waals surface area contributed by atoms with Crippen molar-refractivity contribution >= 4 is 23.5 Å². The van der Waals surface area contributed by atoms with E-state index in [4.69, 9.17) is 4.74 Å². The number of aromatic nitrogens is 2. The molecule has 2 N–H and O–H groups in total. The summed E-state index contributed by atoms with van der Waals surface area (Å²) in [4.78, 5) is 13.4. The summed E-state index contributed by atoms with van der Waals surface area (Å²) in [6.07, 6.45) is 3.83. The highest BCUT2D eigenvalue weighted by molar-refractivity contribution is 6.99. The van der Waals surface area contributed by atoms with E-state index in [1.807, 2.05) is 13.8 Å². The molecular formula is C16H24N4O3S. The third-order valence-corrected chi connectivity index (χ3v) is 3.67. The molecule has 24 heavy (non-hydrogen) atoms. The van der Waals surface area contributed by atoms with Gasteiger partial charge in [-0.3, -0.25) is 4.79 Å². The molecule has 8 heteroatoms. The van der Waals surface area contributed by atoms with Gasteiger partial charge in [-0.15, -0.1) is 4.37 Å². The van der Waals surface area contributed by atoms with Gasteiger partial charge in [0, 0.05) is 14.1 Å². The van der Waals surface area contributed by atoms with Crippen molar-refractivity contribution < 1.29 is 14.6 Å². The highest BCUT2D eigenvalue weighted by atomic mass is 32.1. The lowest BCUT2D eigenvalue weighted by atomic mass is 10.1. The second kappa shape index (κ2) is 9.71. The molecule has 132 valence electrons. The molecule has 0 aliphatic carbocycles. The lowest BCUT2D eigenvalue weighted by Crippen LogP contribution is -2.22. The maximum absolute atomic E-state index is 11.9. The number of carbonyl (C=O) groups excluding carboxylic acids is 1. The zero-order valence-electron chi connectivity index (χ0n) is 14.5. The van der Waals surface area contributed by atoms with Crippen LogP contribution in [-0.2, 0) is 4.79 Å². The van der Waals surface area contributed by atoms with E-state index in [-0.39, 0.29) is 18.1 Å². The molecule has 1 aromatic heterocycles. The number of allylic oxidation sites excluding steroid dienone is 2. The van der Waals surface area contributed by atoms with Crippen LogP contribution in [0.15, 0.2) is 35.8 Å². The van der Waals surface area contributed by atoms with Crippen molar-refractivity contribution in [3.8, 4) is 5.88 Å². The van der Waals surface area contributed by atoms with Crippen LogP contribution in [0.4, 0.5) is 5.82 Å². The topological polar surface area (TPSA) is 87.6 Å². The summed E-state index contributed by atoms with van der Waals surface area (Å²) in [6.45, 7) is 7.85. The molecule has 0 bridgehead atoms. The summed E-state index contributed by atoms with van der Waals surface area (Å²) in [5.74, 6) is 0.702. The smallest absolute Gasteiger partial charge is 0.271 e. The number of amides is 1. The number of anilines is 1. The average Bonchev–Trinajstić information content (AvgIpc) is 2.98. The molecular weight excluding hydrogens is 328 g/mol. The van der Waals surface area contributed by atoms with Gasteiger partial charge in [-0.2, -0.15) is 4.37 Å². The van der Waals surface area contributed by atoms with Gasteiger partial charge in [0.15, 0.2) is 0 Å². The van der Waals surface area contributed by atoms with Gasteiger partial charge in [-0.25, -0.2) is 0 Å². The molecule has 0 aliphatic heterocycles. The number of nitrogens with one attached hydrogen (secondary N) is 1. The van der Waals surface area contributed by atoms with Crippen LogP contribution in [0.5, 0.6) is 5.88 Å². The SMILES string of the molecule is C=C/C=C(Nc1nsnc1OCC)\C(O)=C(/CC)CC(=O)N(C)C. The lowest BCUT2D eigenvalue weighted by Gasteiger charge is -2.15. The van der Waals surface area contributed by atoms with Gasteiger partial charge < -0.3 is 20.1 Å². The Morgan fingerprint density at radius 1 is 1.42 bits per heavy atom. The van der Waals surface area contributed by atoms with Gasteiger partial charge in [0.25, 0.3) is 5.88 Å². The molecule has 1 heterocycles. The van der Waals surface area contributed by atoms with Crippen LogP contribution < -0.4 is 10.1 Å². The molecule has 0 saturated carbocycles. The normalized spacial score (nSPS) is 12.4. The Morgan fingerprint density at radius 3 is 2.67 bits per heavy atom. The van der Waals surface area contributed by atoms with Gasteiger partial charge in [-0.05, 0) is 25.0 Å². The fourth-order valence-corrected chi connectivity index (χ4v) is 2.28. The van der Waals surface area contributed by atoms with Gasteiger partial charge >= 0.3 is 0 Å². The maximum Gasteiger partial charge on any atom is 0.271 e. The minimum Gasteiger partial charge on any atom is -0.506 e. The molecule has 0 atom stereocenters. The first-order valence-electron chi connectivity index (χ1n) is 7.61. The van der Waals surface area contributed by atoms with Crippen LogP contribution in [0.3, 0.4) is 0 Å². The number of nitrogens with zero attached hydrogens (tertiary/aromatic N) is 3. The van der Waals surface area contributed by atoms with E-state index >= 15 is 0 Å². The summed E-state index contributed by atoms with van der Waals surface area (Å²) in [6, 6.07) is 0. The molecule has 0 unspecified atom stereocenters. The van der Waals surface area contributed by atoms with Crippen LogP contribution in [-0.4, -0.2) is 45.4 Å². The number of carbonyl (C=O) groups is 1. The van der Waals surface area contributed by atoms with E-state index in [1.54, 1.807) is 26.2 Å². The van der Waals surface area contributed by atoms with E-state index in [9.17, 15) is 9.90 Å². The Bertz CT molecular complexity index is 635. The van der Waals surface area contributed by atoms with Gasteiger partial charge in [-0.1, -0.05) is 19.6 Å². The molecule has 7 nitrogen and oxygen atoms in total. The first kappa shape index (κ1) is 19.7. The van der Waals surface area contributed by atoms with Crippen molar-refractivity contribution in [3.05, 3.63) is 35.8 Å². The highest BCUT2D eigenvalue weighted by Gasteiger charge is 2.17. The molecule has 0 saturated heterocycles. The molecule has 1 amide bonds. The number of aliphatic hydroxyl groups excluding tert-OH is 1. The van der Waals surface area contributed by atoms with Crippen molar-refractivity contribution in [2.45, 2.75) is 26.7 Å². The minimum absolute atomic E-state index is 0.00282. The largest absolute Gasteiger partial charge is 0.506 e. The standard InChI is InChI=1S/C16H24N4O3S/c1-6-9-12(17-15-16(23-8-3)19-24-18-15)14(22)11(7-2)10-13(21)20(4)5/h6,9,22H,1,7-8,10H2,2-5H3,(H,17,18)/b12-9+,14-11-. The fourth-order valence-electron chi connectivity index (χ4n) is 1.82. The van der Waals surface area contributed by atoms with Crippen molar-refractivity contribution in [1.29, 1.82) is 0 Å². The zero-order valence-corrected chi connectivity index (χ0v) is 15.3. The van der Waals surface area contributed by atoms with Crippen LogP contribution in [0.25, 0.3) is 0 Å². The first-order valence-corrected chi connectivity index (χ1v) is 8.34. The Morgan fingerprint density at radius 2 is 2.12 bits per heavy atom. The molecule has 1 rings (SSSR count). The maximum atomic E-state index is 11.9. The number of ether oxygens (including phenoxy) is 1. The van der Waals surface area contributed by atoms with Crippen LogP contribution in [0, 0.1) is 0 Å². The van der Waals surface area contributed by atoms with Crippen LogP contribution in [0.1, 0.15) is 26.7 Å². The Kier molecular flexibility index (Phi) is 7.97. The summed E-state index contributed by atoms with van der Waals surface area (Å²) in [5, 5.41) is 13.6. The Balaban J connectivity index is 3.10. The van der Waals surface area contributed by atoms with E-state index in [0.29, 0.717) is 36.0 Å². The van der Waals surface area contributed by atoms with Crippen molar-refractivity contribution in [3.63, 3.8) is 0 Å². The first-order chi connectivity index (χ1) is 11.4. The fraction of sp³-hybridized carbons (Fsp3) is 0.438. The van der Waals surface area contributed by atoms with E-state index in [1.165, 1.54) is 4.90 Å². The monoisotopic (exact) mass is 352 g/mol. The van der Waals surface area contributed by atoms with Crippen molar-refractivity contribution in [1.82, 2.24) is 13.6 Å². The predicted octanol–water partition coefficient (Wildman–Crippen LogP) is 3.12. The number of aliphatic hydroxyl groups is 1. The zero-order chi connectivity index (χ0) is 18.1. The predicted molar refractivity (Wildman–Crippen MR) is 96.2 cm³/mol. The molecule has 0 aliphatic rings. The Labute approximate surface area is 146 Å². The molecule has 0 spiro atoms. The van der Waals surface area contributed by atoms with Gasteiger partial charge in [0.1, 0.15) is 5.76 Å². The van der Waals surface area contributed by atoms with Crippen LogP contribution in [0.2, 0.25) is 0 Å². The lowest BCUT2D eigenvalue weighted by molar-refractivity contribution is -0.128. The highest BCUT2D eigenvalue weighted by Crippen LogP contribution is 2.26. The minimum atomic E-state index is -0.0818. The average molecular weight is 352 g/mol. The van der Waals surface area contributed by atoms with Crippen molar-refractivity contribution in [2.75, 3.05) is 26.0 Å². The third kappa shape index (κ3) is 5.38. The van der Waals surface area contributed by atoms with E-state index in [2.05, 4.69) is 20.6 Å². The van der Waals surface area contributed by atoms with Gasteiger partial charge in [0.05, 0.1) is 30.5 Å². The second-order valence-corrected chi connectivity index (χ2v) is 5.59.